The average molecular weight is 771 g/mol. The average Bonchev–Trinajstić information content (AvgIpc) is 3.57. The first-order valence-corrected chi connectivity index (χ1v) is 21.2. The van der Waals surface area contributed by atoms with Gasteiger partial charge in [0.25, 0.3) is 17.4 Å². The Balaban J connectivity index is 1.72. The minimum Gasteiger partial charge on any atom is -0.408 e. The predicted molar refractivity (Wildman–Crippen MR) is 192 cm³/mol. The Morgan fingerprint density at radius 2 is 1.79 bits per heavy atom. The van der Waals surface area contributed by atoms with Gasteiger partial charge in [-0.15, -0.1) is 13.2 Å². The largest absolute Gasteiger partial charge is 0.475 e. The fourth-order valence-electron chi connectivity index (χ4n) is 6.21. The summed E-state index contributed by atoms with van der Waals surface area (Å²) in [7, 11) is -3.23. The van der Waals surface area contributed by atoms with Crippen molar-refractivity contribution >= 4 is 34.2 Å². The molecule has 2 N–H and O–H groups in total. The fraction of sp³-hybridized carbons (Fsp3) is 0.667. The number of methoxy groups -OCH3 is 2. The lowest BCUT2D eigenvalue weighted by Gasteiger charge is -2.43. The van der Waals surface area contributed by atoms with Gasteiger partial charge in [-0.3, -0.25) is 47.8 Å². The number of H-pyrrole nitrogens is 1. The van der Waals surface area contributed by atoms with Gasteiger partial charge < -0.3 is 23.4 Å². The van der Waals surface area contributed by atoms with Gasteiger partial charge in [-0.25, -0.2) is 9.36 Å². The number of phosphoric acid groups is 1. The molecule has 2 saturated heterocycles. The van der Waals surface area contributed by atoms with Crippen molar-refractivity contribution in [3.05, 3.63) is 58.4 Å². The van der Waals surface area contributed by atoms with Crippen LogP contribution in [0.15, 0.2) is 52.2 Å². The lowest BCUT2D eigenvalue weighted by Crippen LogP contribution is -2.55. The first-order chi connectivity index (χ1) is 24.3. The van der Waals surface area contributed by atoms with Crippen LogP contribution < -0.4 is 16.6 Å². The molecule has 4 heterocycles. The summed E-state index contributed by atoms with van der Waals surface area (Å²) < 4.78 is 64.7. The zero-order valence-corrected chi connectivity index (χ0v) is 33.0. The maximum atomic E-state index is 14.5. The van der Waals surface area contributed by atoms with Gasteiger partial charge >= 0.3 is 13.5 Å². The van der Waals surface area contributed by atoms with Crippen LogP contribution >= 0.6 is 7.82 Å². The van der Waals surface area contributed by atoms with Crippen LogP contribution in [0.3, 0.4) is 0 Å². The van der Waals surface area contributed by atoms with Crippen LogP contribution in [-0.2, 0) is 51.1 Å². The number of aromatic amines is 1. The number of carbonyl (C=O) groups is 2. The zero-order chi connectivity index (χ0) is 38.8. The third-order valence-corrected chi connectivity index (χ3v) is 16.0. The molecule has 0 spiro atoms. The van der Waals surface area contributed by atoms with E-state index in [1.165, 1.54) is 26.5 Å². The molecule has 3 aliphatic heterocycles. The Hall–Kier alpha value is -2.90. The number of aromatic nitrogens is 2. The van der Waals surface area contributed by atoms with E-state index >= 15 is 0 Å². The highest BCUT2D eigenvalue weighted by molar-refractivity contribution is 7.48. The van der Waals surface area contributed by atoms with E-state index in [-0.39, 0.29) is 11.0 Å². The summed E-state index contributed by atoms with van der Waals surface area (Å²) in [5.41, 5.74) is -2.95. The Morgan fingerprint density at radius 3 is 2.33 bits per heavy atom. The number of allylic oxidation sites excluding steroid dienone is 1. The number of nitrogens with one attached hydrogen (secondary N) is 2. The molecule has 0 saturated carbocycles. The maximum absolute atomic E-state index is 14.5. The number of hydrogen-bond acceptors (Lipinski definition) is 14. The molecule has 4 unspecified atom stereocenters. The fourth-order valence-corrected chi connectivity index (χ4v) is 8.69. The van der Waals surface area contributed by atoms with Crippen LogP contribution in [0, 0.1) is 5.92 Å². The lowest BCUT2D eigenvalue weighted by atomic mass is 9.93. The molecule has 19 heteroatoms. The molecule has 11 atom stereocenters. The monoisotopic (exact) mass is 770 g/mol. The van der Waals surface area contributed by atoms with Crippen LogP contribution in [0.25, 0.3) is 0 Å². The topological polar surface area (TPSA) is 204 Å². The molecular formula is C33H51N4O13PSi. The van der Waals surface area contributed by atoms with E-state index in [0.29, 0.717) is 6.42 Å². The number of nitrogens with zero attached hydrogens (tertiary/aromatic N) is 2. The van der Waals surface area contributed by atoms with Gasteiger partial charge in [0, 0.05) is 33.6 Å². The second-order valence-electron chi connectivity index (χ2n) is 14.5. The second-order valence-corrected chi connectivity index (χ2v) is 21.0. The molecule has 2 amide bonds. The van der Waals surface area contributed by atoms with E-state index in [1.54, 1.807) is 6.08 Å². The second kappa shape index (κ2) is 16.2. The van der Waals surface area contributed by atoms with Crippen molar-refractivity contribution in [1.29, 1.82) is 0 Å². The van der Waals surface area contributed by atoms with Gasteiger partial charge in [0.15, 0.2) is 20.6 Å². The van der Waals surface area contributed by atoms with Gasteiger partial charge in [-0.05, 0) is 30.5 Å². The highest BCUT2D eigenvalue weighted by Gasteiger charge is 2.61. The SMILES string of the molecule is C=CC[C@H](C)[C@H]1O[C@@H](n2ccc(=O)[nH]c2=O)[C@@H](OC)C1OP(=O)(OC)OC[C@@]1(C=C)O[C@@H](C2N=CC(=O)NC2=O)[C@@H](OC)C1O[Si](C)(C)C(C)(C)C. The molecule has 0 radical (unpaired) electrons. The predicted octanol–water partition coefficient (Wildman–Crippen LogP) is 2.64. The first kappa shape index (κ1) is 41.8. The van der Waals surface area contributed by atoms with Crippen molar-refractivity contribution in [1.82, 2.24) is 14.9 Å². The third kappa shape index (κ3) is 8.41. The van der Waals surface area contributed by atoms with E-state index in [4.69, 9.17) is 36.9 Å². The van der Waals surface area contributed by atoms with Gasteiger partial charge in [-0.1, -0.05) is 39.8 Å². The minimum atomic E-state index is -4.55. The Bertz CT molecular complexity index is 1690. The quantitative estimate of drug-likeness (QED) is 0.108. The highest BCUT2D eigenvalue weighted by atomic mass is 31.2. The summed E-state index contributed by atoms with van der Waals surface area (Å²) in [5.74, 6) is -1.65. The van der Waals surface area contributed by atoms with Crippen LogP contribution in [0.1, 0.15) is 40.3 Å². The normalized spacial score (nSPS) is 32.7. The van der Waals surface area contributed by atoms with Gasteiger partial charge in [0.1, 0.15) is 36.1 Å². The molecular weight excluding hydrogens is 719 g/mol. The van der Waals surface area contributed by atoms with E-state index in [2.05, 4.69) is 28.5 Å². The first-order valence-electron chi connectivity index (χ1n) is 16.8. The standard InChI is InChI=1S/C33H51N4O13PSi/c1-12-14-19(3)23-25(27(44-8)30(47-23)37-16-15-20(38)36-31(37)41)49-51(42,45-9)46-18-33(13-2)28(50-52(10,11)32(4,5)6)26(43-7)24(48-33)22-29(40)35-21(39)17-34-22/h12-13,15-17,19,22-28,30H,1-2,14,18H2,3-11H3,(H,35,39,40)(H,36,38,41)/t19-,22?,23+,24-,25?,26+,27-,28?,30+,33+,51?/m0/s1. The Labute approximate surface area is 303 Å². The van der Waals surface area contributed by atoms with Gasteiger partial charge in [0.05, 0.1) is 18.9 Å². The Morgan fingerprint density at radius 1 is 1.12 bits per heavy atom. The molecule has 1 aromatic rings. The van der Waals surface area contributed by atoms with Gasteiger partial charge in [-0.2, -0.15) is 0 Å². The summed E-state index contributed by atoms with van der Waals surface area (Å²) in [6.07, 6.45) is -1.24. The third-order valence-electron chi connectivity index (χ3n) is 10.1. The summed E-state index contributed by atoms with van der Waals surface area (Å²) >= 11 is 0. The molecule has 52 heavy (non-hydrogen) atoms. The molecule has 0 aliphatic carbocycles. The van der Waals surface area contributed by atoms with E-state index in [9.17, 15) is 23.7 Å². The molecule has 2 fully saturated rings. The van der Waals surface area contributed by atoms with E-state index in [0.717, 1.165) is 24.0 Å². The van der Waals surface area contributed by atoms with Crippen molar-refractivity contribution in [3.63, 3.8) is 0 Å². The number of ether oxygens (including phenoxy) is 4. The Kier molecular flexibility index (Phi) is 13.1. The number of amides is 2. The van der Waals surface area contributed by atoms with Crippen molar-refractivity contribution in [3.8, 4) is 0 Å². The number of phosphoric ester groups is 1. The summed E-state index contributed by atoms with van der Waals surface area (Å²) in [5, 5.41) is 1.95. The van der Waals surface area contributed by atoms with E-state index in [1.807, 2.05) is 40.8 Å². The van der Waals surface area contributed by atoms with Crippen LogP contribution in [0.5, 0.6) is 0 Å². The van der Waals surface area contributed by atoms with Crippen molar-refractivity contribution in [2.24, 2.45) is 10.9 Å². The molecule has 1 aromatic heterocycles. The smallest absolute Gasteiger partial charge is 0.408 e. The van der Waals surface area contributed by atoms with Crippen molar-refractivity contribution < 1.29 is 51.1 Å². The number of imide groups is 1. The maximum Gasteiger partial charge on any atom is 0.475 e. The van der Waals surface area contributed by atoms with Gasteiger partial charge in [0.2, 0.25) is 0 Å². The highest BCUT2D eigenvalue weighted by Crippen LogP contribution is 2.55. The number of hydrogen-bond donors (Lipinski definition) is 2. The van der Waals surface area contributed by atoms with E-state index < -0.39 is 100 Å². The number of rotatable bonds is 16. The minimum absolute atomic E-state index is 0.284. The number of carbonyl (C=O) groups excluding carboxylic acids is 2. The van der Waals surface area contributed by atoms with Crippen LogP contribution in [0.4, 0.5) is 0 Å². The van der Waals surface area contributed by atoms with Crippen molar-refractivity contribution in [2.75, 3.05) is 27.9 Å². The van der Waals surface area contributed by atoms with Crippen LogP contribution in [0.2, 0.25) is 18.1 Å². The molecule has 17 nitrogen and oxygen atoms in total. The molecule has 0 bridgehead atoms. The zero-order valence-electron chi connectivity index (χ0n) is 31.1. The lowest BCUT2D eigenvalue weighted by molar-refractivity contribution is -0.135. The van der Waals surface area contributed by atoms with Crippen LogP contribution in [-0.4, -0.2) is 112 Å². The summed E-state index contributed by atoms with van der Waals surface area (Å²) in [6, 6.07) is -0.0324. The molecule has 290 valence electrons. The molecule has 0 aromatic carbocycles. The van der Waals surface area contributed by atoms with Crippen molar-refractivity contribution in [2.45, 2.75) is 107 Å². The summed E-state index contributed by atoms with van der Waals surface area (Å²) in [4.78, 5) is 55.8. The summed E-state index contributed by atoms with van der Waals surface area (Å²) in [6.45, 7) is 19.3. The molecule has 3 aliphatic rings. The molecule has 4 rings (SSSR count). The number of aliphatic imine (C=N–C) groups is 1.